The number of hydrogen-bond acceptors (Lipinski definition) is 2. The fourth-order valence-electron chi connectivity index (χ4n) is 1.80. The maximum absolute atomic E-state index is 13.6. The van der Waals surface area contributed by atoms with Gasteiger partial charge in [0.15, 0.2) is 0 Å². The third-order valence-corrected chi connectivity index (χ3v) is 2.84. The second-order valence-electron chi connectivity index (χ2n) is 4.41. The maximum Gasteiger partial charge on any atom is 0.207 e. The number of halogens is 1. The van der Waals surface area contributed by atoms with E-state index in [1.807, 2.05) is 17.7 Å². The number of unbranched alkanes of at least 4 members (excludes halogenated alkanes) is 1. The van der Waals surface area contributed by atoms with E-state index in [9.17, 15) is 4.39 Å². The van der Waals surface area contributed by atoms with Crippen molar-refractivity contribution in [1.29, 1.82) is 0 Å². The van der Waals surface area contributed by atoms with Crippen LogP contribution in [0.4, 0.5) is 16.0 Å². The second kappa shape index (κ2) is 5.67. The van der Waals surface area contributed by atoms with Gasteiger partial charge in [-0.05, 0) is 31.0 Å². The van der Waals surface area contributed by atoms with Gasteiger partial charge in [0.1, 0.15) is 5.82 Å². The molecule has 0 aliphatic heterocycles. The number of imidazole rings is 1. The van der Waals surface area contributed by atoms with Crippen LogP contribution in [0.5, 0.6) is 0 Å². The van der Waals surface area contributed by atoms with Crippen LogP contribution in [0.1, 0.15) is 25.3 Å². The molecule has 18 heavy (non-hydrogen) atoms. The summed E-state index contributed by atoms with van der Waals surface area (Å²) >= 11 is 0. The lowest BCUT2D eigenvalue weighted by molar-refractivity contribution is 0.625. The third-order valence-electron chi connectivity index (χ3n) is 2.84. The van der Waals surface area contributed by atoms with E-state index >= 15 is 0 Å². The Bertz CT molecular complexity index is 520. The minimum atomic E-state index is -0.259. The zero-order valence-electron chi connectivity index (χ0n) is 10.8. The van der Waals surface area contributed by atoms with Gasteiger partial charge >= 0.3 is 0 Å². The van der Waals surface area contributed by atoms with Crippen LogP contribution in [-0.4, -0.2) is 9.55 Å². The number of aromatic nitrogens is 2. The first kappa shape index (κ1) is 12.6. The molecule has 0 fully saturated rings. The van der Waals surface area contributed by atoms with Crippen molar-refractivity contribution >= 4 is 11.6 Å². The molecule has 0 spiro atoms. The van der Waals surface area contributed by atoms with Crippen LogP contribution < -0.4 is 5.32 Å². The Morgan fingerprint density at radius 3 is 3.00 bits per heavy atom. The summed E-state index contributed by atoms with van der Waals surface area (Å²) in [6, 6.07) is 5.01. The molecule has 0 aliphatic rings. The summed E-state index contributed by atoms with van der Waals surface area (Å²) in [6.45, 7) is 4.98. The van der Waals surface area contributed by atoms with E-state index < -0.39 is 0 Å². The van der Waals surface area contributed by atoms with Gasteiger partial charge in [-0.25, -0.2) is 9.37 Å². The van der Waals surface area contributed by atoms with E-state index in [4.69, 9.17) is 0 Å². The predicted octanol–water partition coefficient (Wildman–Crippen LogP) is 3.87. The molecule has 4 heteroatoms. The number of hydrogen-bond donors (Lipinski definition) is 1. The van der Waals surface area contributed by atoms with Crippen molar-refractivity contribution in [2.45, 2.75) is 33.2 Å². The summed E-state index contributed by atoms with van der Waals surface area (Å²) in [7, 11) is 0. The molecule has 0 atom stereocenters. The van der Waals surface area contributed by atoms with E-state index in [1.54, 1.807) is 18.3 Å². The van der Waals surface area contributed by atoms with Gasteiger partial charge in [-0.2, -0.15) is 0 Å². The van der Waals surface area contributed by atoms with Gasteiger partial charge < -0.3 is 9.88 Å². The van der Waals surface area contributed by atoms with Crippen LogP contribution in [0.25, 0.3) is 0 Å². The van der Waals surface area contributed by atoms with Gasteiger partial charge in [0.05, 0.1) is 5.69 Å². The largest absolute Gasteiger partial charge is 0.323 e. The molecule has 96 valence electrons. The molecule has 2 rings (SSSR count). The number of anilines is 2. The first-order valence-electron chi connectivity index (χ1n) is 6.25. The van der Waals surface area contributed by atoms with Crippen molar-refractivity contribution in [3.63, 3.8) is 0 Å². The Balaban J connectivity index is 2.18. The zero-order valence-corrected chi connectivity index (χ0v) is 10.8. The van der Waals surface area contributed by atoms with Crippen LogP contribution in [0.3, 0.4) is 0 Å². The highest BCUT2D eigenvalue weighted by Gasteiger charge is 2.06. The molecule has 1 aromatic heterocycles. The van der Waals surface area contributed by atoms with Crippen LogP contribution >= 0.6 is 0 Å². The van der Waals surface area contributed by atoms with Gasteiger partial charge in [0.25, 0.3) is 0 Å². The van der Waals surface area contributed by atoms with E-state index in [0.717, 1.165) is 24.9 Å². The molecule has 0 saturated heterocycles. The predicted molar refractivity (Wildman–Crippen MR) is 71.6 cm³/mol. The van der Waals surface area contributed by atoms with Crippen LogP contribution in [0.2, 0.25) is 0 Å². The number of aryl methyl sites for hydroxylation is 2. The first-order valence-corrected chi connectivity index (χ1v) is 6.25. The molecule has 1 heterocycles. The summed E-state index contributed by atoms with van der Waals surface area (Å²) in [5.74, 6) is 0.429. The highest BCUT2D eigenvalue weighted by Crippen LogP contribution is 2.20. The summed E-state index contributed by atoms with van der Waals surface area (Å²) in [6.07, 6.45) is 5.84. The monoisotopic (exact) mass is 247 g/mol. The Labute approximate surface area is 107 Å². The molecule has 0 unspecified atom stereocenters. The van der Waals surface area contributed by atoms with Crippen LogP contribution in [-0.2, 0) is 6.54 Å². The van der Waals surface area contributed by atoms with Crippen LogP contribution in [0, 0.1) is 12.7 Å². The van der Waals surface area contributed by atoms with Crippen molar-refractivity contribution in [1.82, 2.24) is 9.55 Å². The number of rotatable bonds is 5. The van der Waals surface area contributed by atoms with Gasteiger partial charge in [-0.15, -0.1) is 0 Å². The highest BCUT2D eigenvalue weighted by molar-refractivity contribution is 5.55. The summed E-state index contributed by atoms with van der Waals surface area (Å²) in [4.78, 5) is 4.22. The maximum atomic E-state index is 13.6. The molecule has 0 bridgehead atoms. The molecular weight excluding hydrogens is 229 g/mol. The van der Waals surface area contributed by atoms with Crippen molar-refractivity contribution in [2.24, 2.45) is 0 Å². The first-order chi connectivity index (χ1) is 8.70. The van der Waals surface area contributed by atoms with Crippen molar-refractivity contribution < 1.29 is 4.39 Å². The van der Waals surface area contributed by atoms with Crippen molar-refractivity contribution in [3.8, 4) is 0 Å². The van der Waals surface area contributed by atoms with Gasteiger partial charge in [0.2, 0.25) is 5.95 Å². The molecule has 0 radical (unpaired) electrons. The molecule has 1 aromatic carbocycles. The topological polar surface area (TPSA) is 29.9 Å². The minimum Gasteiger partial charge on any atom is -0.323 e. The van der Waals surface area contributed by atoms with Gasteiger partial charge in [0, 0.05) is 18.9 Å². The number of benzene rings is 1. The van der Waals surface area contributed by atoms with E-state index in [1.165, 1.54) is 6.07 Å². The number of nitrogens with one attached hydrogen (secondary N) is 1. The van der Waals surface area contributed by atoms with E-state index in [-0.39, 0.29) is 5.82 Å². The highest BCUT2D eigenvalue weighted by atomic mass is 19.1. The van der Waals surface area contributed by atoms with E-state index in [2.05, 4.69) is 17.2 Å². The summed E-state index contributed by atoms with van der Waals surface area (Å²) < 4.78 is 15.7. The zero-order chi connectivity index (χ0) is 13.0. The molecule has 1 N–H and O–H groups in total. The summed E-state index contributed by atoms with van der Waals surface area (Å²) in [5, 5.41) is 3.05. The Kier molecular flexibility index (Phi) is 3.97. The normalized spacial score (nSPS) is 10.6. The summed E-state index contributed by atoms with van der Waals surface area (Å²) in [5.41, 5.74) is 1.49. The third kappa shape index (κ3) is 2.88. The molecule has 2 aromatic rings. The Hall–Kier alpha value is -1.84. The van der Waals surface area contributed by atoms with Crippen molar-refractivity contribution in [2.75, 3.05) is 5.32 Å². The van der Waals surface area contributed by atoms with Crippen molar-refractivity contribution in [3.05, 3.63) is 42.0 Å². The fourth-order valence-corrected chi connectivity index (χ4v) is 1.80. The molecule has 0 saturated carbocycles. The Morgan fingerprint density at radius 1 is 1.39 bits per heavy atom. The van der Waals surface area contributed by atoms with Gasteiger partial charge in [-0.1, -0.05) is 19.4 Å². The lowest BCUT2D eigenvalue weighted by Gasteiger charge is -2.10. The molecular formula is C14H18FN3. The number of nitrogens with zero attached hydrogens (tertiary/aromatic N) is 2. The minimum absolute atomic E-state index is 0.259. The lowest BCUT2D eigenvalue weighted by Crippen LogP contribution is -2.04. The molecule has 0 aliphatic carbocycles. The standard InChI is InChI=1S/C14H18FN3/c1-3-4-8-18-9-7-16-14(18)17-13-10-11(2)5-6-12(13)15/h5-7,9-10H,3-4,8H2,1-2H3,(H,16,17). The average Bonchev–Trinajstić information content (AvgIpc) is 2.79. The quantitative estimate of drug-likeness (QED) is 0.869. The molecule has 3 nitrogen and oxygen atoms in total. The fraction of sp³-hybridized carbons (Fsp3) is 0.357. The molecule has 0 amide bonds. The Morgan fingerprint density at radius 2 is 2.22 bits per heavy atom. The van der Waals surface area contributed by atoms with Gasteiger partial charge in [-0.3, -0.25) is 0 Å². The average molecular weight is 247 g/mol. The SMILES string of the molecule is CCCCn1ccnc1Nc1cc(C)ccc1F. The van der Waals surface area contributed by atoms with E-state index in [0.29, 0.717) is 11.6 Å². The second-order valence-corrected chi connectivity index (χ2v) is 4.41. The lowest BCUT2D eigenvalue weighted by atomic mass is 10.2. The van der Waals surface area contributed by atoms with Crippen LogP contribution in [0.15, 0.2) is 30.6 Å². The smallest absolute Gasteiger partial charge is 0.207 e.